The highest BCUT2D eigenvalue weighted by molar-refractivity contribution is 5.67. The molecule has 0 saturated heterocycles. The zero-order valence-electron chi connectivity index (χ0n) is 25.5. The van der Waals surface area contributed by atoms with E-state index in [-0.39, 0.29) is 0 Å². The Morgan fingerprint density at radius 2 is 0.432 bits per heavy atom. The van der Waals surface area contributed by atoms with Gasteiger partial charge in [0.2, 0.25) is 0 Å². The Hall–Kier alpha value is -4.32. The van der Waals surface area contributed by atoms with Crippen molar-refractivity contribution in [1.82, 2.24) is 0 Å². The van der Waals surface area contributed by atoms with Crippen molar-refractivity contribution in [3.63, 3.8) is 0 Å². The summed E-state index contributed by atoms with van der Waals surface area (Å²) in [4.78, 5) is 0. The third-order valence-corrected chi connectivity index (χ3v) is 9.68. The third kappa shape index (κ3) is 4.37. The Morgan fingerprint density at radius 3 is 0.568 bits per heavy atom. The standard InChI is InChI=1S/C40H36O4/c1-41-37-21-23-38(42-2,24-22-37)34-15-7-31(8-16-34)32-11-19-36(20-12-32)40(44-4)27-25-39(43-3,26-28-40)35-17-9-30(10-18-35)29-5-13-33(37)14-6-29/h5-28H,1-4H3. The highest BCUT2D eigenvalue weighted by atomic mass is 16.5. The zero-order valence-corrected chi connectivity index (χ0v) is 25.5. The van der Waals surface area contributed by atoms with Gasteiger partial charge in [0.05, 0.1) is 0 Å². The zero-order chi connectivity index (χ0) is 30.4. The lowest BCUT2D eigenvalue weighted by molar-refractivity contribution is 0.0421. The summed E-state index contributed by atoms with van der Waals surface area (Å²) in [6.07, 6.45) is 16.8. The fourth-order valence-corrected chi connectivity index (χ4v) is 6.69. The fraction of sp³-hybridized carbons (Fsp3) is 0.200. The summed E-state index contributed by atoms with van der Waals surface area (Å²) in [7, 11) is 6.97. The molecule has 0 N–H and O–H groups in total. The van der Waals surface area contributed by atoms with E-state index in [9.17, 15) is 0 Å². The van der Waals surface area contributed by atoms with Crippen molar-refractivity contribution in [2.75, 3.05) is 28.4 Å². The van der Waals surface area contributed by atoms with Crippen LogP contribution in [0.4, 0.5) is 0 Å². The van der Waals surface area contributed by atoms with Crippen LogP contribution in [0.15, 0.2) is 146 Å². The van der Waals surface area contributed by atoms with E-state index in [4.69, 9.17) is 18.9 Å². The van der Waals surface area contributed by atoms with Crippen molar-refractivity contribution in [3.05, 3.63) is 168 Å². The molecule has 0 aliphatic heterocycles. The topological polar surface area (TPSA) is 36.9 Å². The predicted octanol–water partition coefficient (Wildman–Crippen LogP) is 8.35. The first kappa shape index (κ1) is 28.5. The molecule has 0 atom stereocenters. The molecule has 0 unspecified atom stereocenters. The summed E-state index contributed by atoms with van der Waals surface area (Å²) >= 11 is 0. The first-order valence-corrected chi connectivity index (χ1v) is 14.9. The van der Waals surface area contributed by atoms with Gasteiger partial charge in [-0.1, -0.05) is 97.1 Å². The van der Waals surface area contributed by atoms with E-state index < -0.39 is 22.4 Å². The van der Waals surface area contributed by atoms with Crippen LogP contribution in [-0.2, 0) is 41.4 Å². The maximum Gasteiger partial charge on any atom is 0.129 e. The van der Waals surface area contributed by atoms with E-state index in [2.05, 4.69) is 146 Å². The Morgan fingerprint density at radius 1 is 0.273 bits per heavy atom. The molecule has 12 aliphatic carbocycles. The molecule has 44 heavy (non-hydrogen) atoms. The molecule has 0 spiro atoms. The first-order chi connectivity index (χ1) is 21.4. The molecule has 12 aliphatic rings. The van der Waals surface area contributed by atoms with Gasteiger partial charge < -0.3 is 18.9 Å². The van der Waals surface area contributed by atoms with Crippen LogP contribution in [-0.4, -0.2) is 28.4 Å². The van der Waals surface area contributed by atoms with Gasteiger partial charge in [-0.2, -0.15) is 0 Å². The SMILES string of the molecule is COC12C=CC(OC)(C=C1)c1ccc(cc1)-c1ccc(cc1)C1(OC)C=CC(OC)(C=C1)c1ccc(cc1)-c1ccc2cc1. The van der Waals surface area contributed by atoms with Gasteiger partial charge in [0.1, 0.15) is 22.4 Å². The maximum atomic E-state index is 6.12. The van der Waals surface area contributed by atoms with Gasteiger partial charge in [-0.3, -0.25) is 0 Å². The lowest BCUT2D eigenvalue weighted by Gasteiger charge is -2.36. The van der Waals surface area contributed by atoms with Crippen LogP contribution < -0.4 is 0 Å². The van der Waals surface area contributed by atoms with E-state index in [1.807, 2.05) is 0 Å². The van der Waals surface area contributed by atoms with Gasteiger partial charge in [-0.15, -0.1) is 0 Å². The number of rotatable bonds is 4. The van der Waals surface area contributed by atoms with E-state index >= 15 is 0 Å². The Bertz CT molecular complexity index is 1480. The lowest BCUT2D eigenvalue weighted by atomic mass is 9.80. The average molecular weight is 581 g/mol. The minimum Gasteiger partial charge on any atom is -0.365 e. The van der Waals surface area contributed by atoms with E-state index in [1.165, 1.54) is 0 Å². The van der Waals surface area contributed by atoms with Crippen LogP contribution in [0.3, 0.4) is 0 Å². The van der Waals surface area contributed by atoms with Gasteiger partial charge in [-0.25, -0.2) is 0 Å². The van der Waals surface area contributed by atoms with Crippen molar-refractivity contribution in [2.24, 2.45) is 0 Å². The van der Waals surface area contributed by atoms with Gasteiger partial charge >= 0.3 is 0 Å². The molecule has 0 heterocycles. The molecule has 4 heteroatoms. The molecule has 4 aromatic rings. The van der Waals surface area contributed by atoms with Crippen molar-refractivity contribution >= 4 is 0 Å². The van der Waals surface area contributed by atoms with Crippen molar-refractivity contribution in [1.29, 1.82) is 0 Å². The quantitative estimate of drug-likeness (QED) is 0.227. The monoisotopic (exact) mass is 580 g/mol. The van der Waals surface area contributed by atoms with Crippen molar-refractivity contribution in [2.45, 2.75) is 22.4 Å². The largest absolute Gasteiger partial charge is 0.365 e. The molecule has 0 aromatic heterocycles. The van der Waals surface area contributed by atoms with E-state index in [1.54, 1.807) is 28.4 Å². The molecule has 0 amide bonds. The van der Waals surface area contributed by atoms with Crippen LogP contribution >= 0.6 is 0 Å². The summed E-state index contributed by atoms with van der Waals surface area (Å²) in [6, 6.07) is 34.2. The van der Waals surface area contributed by atoms with Crippen LogP contribution in [0.2, 0.25) is 0 Å². The van der Waals surface area contributed by atoms with Gasteiger partial charge in [-0.05, 0) is 93.1 Å². The van der Waals surface area contributed by atoms with E-state index in [0.717, 1.165) is 44.5 Å². The normalized spacial score (nSPS) is 27.9. The first-order valence-electron chi connectivity index (χ1n) is 14.9. The molecule has 4 nitrogen and oxygen atoms in total. The molecular weight excluding hydrogens is 544 g/mol. The summed E-state index contributed by atoms with van der Waals surface area (Å²) < 4.78 is 24.5. The van der Waals surface area contributed by atoms with Crippen molar-refractivity contribution < 1.29 is 18.9 Å². The molecular formula is C40H36O4. The molecule has 12 bridgehead atoms. The third-order valence-electron chi connectivity index (χ3n) is 9.68. The number of benzene rings is 4. The highest BCUT2D eigenvalue weighted by Crippen LogP contribution is 2.43. The minimum absolute atomic E-state index is 0.693. The molecule has 0 fully saturated rings. The molecule has 0 radical (unpaired) electrons. The molecule has 16 rings (SSSR count). The molecule has 4 aromatic carbocycles. The average Bonchev–Trinajstić information content (AvgIpc) is 3.12. The van der Waals surface area contributed by atoms with Gasteiger partial charge in [0.15, 0.2) is 0 Å². The second-order valence-electron chi connectivity index (χ2n) is 11.6. The summed E-state index contributed by atoms with van der Waals surface area (Å²) in [5.74, 6) is 0. The van der Waals surface area contributed by atoms with Crippen LogP contribution in [0.5, 0.6) is 0 Å². The summed E-state index contributed by atoms with van der Waals surface area (Å²) in [5, 5.41) is 0. The fourth-order valence-electron chi connectivity index (χ4n) is 6.69. The Kier molecular flexibility index (Phi) is 6.91. The predicted molar refractivity (Wildman–Crippen MR) is 175 cm³/mol. The number of hydrogen-bond donors (Lipinski definition) is 0. The Balaban J connectivity index is 1.37. The van der Waals surface area contributed by atoms with Crippen molar-refractivity contribution in [3.8, 4) is 22.3 Å². The van der Waals surface area contributed by atoms with E-state index in [0.29, 0.717) is 0 Å². The van der Waals surface area contributed by atoms with Crippen LogP contribution in [0.25, 0.3) is 22.3 Å². The second kappa shape index (κ2) is 10.7. The van der Waals surface area contributed by atoms with Gasteiger partial charge in [0, 0.05) is 28.4 Å². The number of hydrogen-bond acceptors (Lipinski definition) is 4. The second-order valence-corrected chi connectivity index (χ2v) is 11.6. The smallest absolute Gasteiger partial charge is 0.129 e. The minimum atomic E-state index is -0.693. The highest BCUT2D eigenvalue weighted by Gasteiger charge is 2.38. The number of methoxy groups -OCH3 is 4. The van der Waals surface area contributed by atoms with Crippen LogP contribution in [0.1, 0.15) is 22.3 Å². The molecule has 0 saturated carbocycles. The van der Waals surface area contributed by atoms with Gasteiger partial charge in [0.25, 0.3) is 0 Å². The molecule has 220 valence electrons. The summed E-state index contributed by atoms with van der Waals surface area (Å²) in [6.45, 7) is 0. The summed E-state index contributed by atoms with van der Waals surface area (Å²) in [5.41, 5.74) is 5.90. The number of ether oxygens (including phenoxy) is 4. The maximum absolute atomic E-state index is 6.12. The lowest BCUT2D eigenvalue weighted by Crippen LogP contribution is -2.33. The van der Waals surface area contributed by atoms with Crippen LogP contribution in [0, 0.1) is 0 Å². The Labute approximate surface area is 259 Å².